The largest absolute Gasteiger partial charge is 0.304 e. The molecule has 11 heteroatoms. The monoisotopic (exact) mass is 481 g/mol. The number of thioether (sulfide) groups is 1. The van der Waals surface area contributed by atoms with Crippen LogP contribution in [0.3, 0.4) is 0 Å². The minimum Gasteiger partial charge on any atom is -0.304 e. The Morgan fingerprint density at radius 1 is 1.24 bits per heavy atom. The van der Waals surface area contributed by atoms with Crippen LogP contribution in [-0.2, 0) is 11.8 Å². The first kappa shape index (κ1) is 20.4. The Balaban J connectivity index is 1.38. The highest BCUT2D eigenvalue weighted by atomic mass is 35.5. The predicted molar refractivity (Wildman–Crippen MR) is 121 cm³/mol. The summed E-state index contributed by atoms with van der Waals surface area (Å²) in [5.74, 6) is 0.818. The Labute approximate surface area is 188 Å². The van der Waals surface area contributed by atoms with Crippen molar-refractivity contribution in [3.63, 3.8) is 0 Å². The van der Waals surface area contributed by atoms with Gasteiger partial charge in [-0.3, -0.25) is 4.79 Å². The molecule has 0 aliphatic rings. The van der Waals surface area contributed by atoms with Crippen LogP contribution in [0.5, 0.6) is 0 Å². The van der Waals surface area contributed by atoms with Crippen LogP contribution >= 0.6 is 57.6 Å². The highest BCUT2D eigenvalue weighted by molar-refractivity contribution is 7.99. The third-order valence-corrected chi connectivity index (χ3v) is 7.06. The molecule has 0 atom stereocenters. The van der Waals surface area contributed by atoms with E-state index in [0.29, 0.717) is 26.0 Å². The van der Waals surface area contributed by atoms with Gasteiger partial charge in [0, 0.05) is 23.0 Å². The molecule has 4 aromatic rings. The number of nitrogens with one attached hydrogen (secondary N) is 1. The van der Waals surface area contributed by atoms with Crippen molar-refractivity contribution < 1.29 is 4.79 Å². The van der Waals surface area contributed by atoms with Gasteiger partial charge < -0.3 is 9.88 Å². The van der Waals surface area contributed by atoms with Crippen LogP contribution in [0.1, 0.15) is 0 Å². The zero-order valence-corrected chi connectivity index (χ0v) is 18.9. The zero-order chi connectivity index (χ0) is 20.4. The van der Waals surface area contributed by atoms with Gasteiger partial charge in [0.05, 0.1) is 21.3 Å². The molecule has 4 rings (SSSR count). The Kier molecular flexibility index (Phi) is 6.21. The van der Waals surface area contributed by atoms with E-state index < -0.39 is 0 Å². The molecule has 0 saturated carbocycles. The predicted octanol–water partition coefficient (Wildman–Crippen LogP) is 5.70. The molecule has 29 heavy (non-hydrogen) atoms. The lowest BCUT2D eigenvalue weighted by atomic mass is 10.2. The number of hydrogen-bond acceptors (Lipinski definition) is 7. The number of nitrogens with zero attached hydrogens (tertiary/aromatic N) is 4. The number of aromatic nitrogens is 4. The quantitative estimate of drug-likeness (QED) is 0.357. The third-order valence-electron chi connectivity index (χ3n) is 3.87. The van der Waals surface area contributed by atoms with Crippen molar-refractivity contribution in [1.29, 1.82) is 0 Å². The first-order valence-corrected chi connectivity index (χ1v) is 11.8. The maximum absolute atomic E-state index is 12.3. The number of carbonyl (C=O) groups excluding carboxylic acids is 1. The molecule has 3 heterocycles. The molecule has 0 aliphatic heterocycles. The number of halogens is 2. The normalized spacial score (nSPS) is 11.0. The second kappa shape index (κ2) is 8.85. The average Bonchev–Trinajstić information content (AvgIpc) is 3.42. The fourth-order valence-electron chi connectivity index (χ4n) is 2.50. The summed E-state index contributed by atoms with van der Waals surface area (Å²) < 4.78 is 1.88. The summed E-state index contributed by atoms with van der Waals surface area (Å²) in [4.78, 5) is 17.8. The maximum atomic E-state index is 12.3. The summed E-state index contributed by atoms with van der Waals surface area (Å²) in [6, 6.07) is 9.18. The molecular weight excluding hydrogens is 469 g/mol. The van der Waals surface area contributed by atoms with Gasteiger partial charge in [0.1, 0.15) is 0 Å². The lowest BCUT2D eigenvalue weighted by Gasteiger charge is -2.03. The summed E-state index contributed by atoms with van der Waals surface area (Å²) in [6.45, 7) is 0. The third kappa shape index (κ3) is 4.65. The fraction of sp³-hybridized carbons (Fsp3) is 0.111. The van der Waals surface area contributed by atoms with E-state index in [9.17, 15) is 4.79 Å². The van der Waals surface area contributed by atoms with Gasteiger partial charge in [0.15, 0.2) is 16.1 Å². The van der Waals surface area contributed by atoms with Crippen LogP contribution in [0.25, 0.3) is 22.0 Å². The number of amides is 1. The number of thiazole rings is 1. The van der Waals surface area contributed by atoms with Crippen molar-refractivity contribution >= 4 is 68.7 Å². The van der Waals surface area contributed by atoms with Gasteiger partial charge in [-0.15, -0.1) is 32.9 Å². The lowest BCUT2D eigenvalue weighted by molar-refractivity contribution is -0.113. The molecule has 0 bridgehead atoms. The van der Waals surface area contributed by atoms with Crippen LogP contribution in [-0.4, -0.2) is 31.4 Å². The van der Waals surface area contributed by atoms with Crippen molar-refractivity contribution in [2.24, 2.45) is 7.05 Å². The molecule has 6 nitrogen and oxygen atoms in total. The Morgan fingerprint density at radius 3 is 2.86 bits per heavy atom. The summed E-state index contributed by atoms with van der Waals surface area (Å²) in [5, 5.41) is 17.3. The molecule has 0 saturated heterocycles. The van der Waals surface area contributed by atoms with Crippen LogP contribution in [0.15, 0.2) is 46.2 Å². The number of thiophene rings is 1. The molecule has 0 radical (unpaired) electrons. The van der Waals surface area contributed by atoms with Gasteiger partial charge in [-0.2, -0.15) is 0 Å². The molecular formula is C18H13Cl2N5OS3. The minimum absolute atomic E-state index is 0.168. The van der Waals surface area contributed by atoms with E-state index in [4.69, 9.17) is 23.2 Å². The van der Waals surface area contributed by atoms with Gasteiger partial charge in [-0.25, -0.2) is 4.98 Å². The molecule has 1 N–H and O–H groups in total. The summed E-state index contributed by atoms with van der Waals surface area (Å²) >= 11 is 16.4. The molecule has 1 amide bonds. The second-order valence-corrected chi connectivity index (χ2v) is 9.43. The lowest BCUT2D eigenvalue weighted by Crippen LogP contribution is -2.14. The average molecular weight is 482 g/mol. The zero-order valence-electron chi connectivity index (χ0n) is 14.9. The van der Waals surface area contributed by atoms with Crippen molar-refractivity contribution in [2.75, 3.05) is 11.1 Å². The van der Waals surface area contributed by atoms with E-state index in [1.165, 1.54) is 23.1 Å². The van der Waals surface area contributed by atoms with Gasteiger partial charge >= 0.3 is 0 Å². The van der Waals surface area contributed by atoms with Gasteiger partial charge in [-0.05, 0) is 29.6 Å². The molecule has 1 aromatic carbocycles. The number of carbonyl (C=O) groups is 1. The first-order chi connectivity index (χ1) is 14.0. The van der Waals surface area contributed by atoms with E-state index in [0.717, 1.165) is 16.3 Å². The summed E-state index contributed by atoms with van der Waals surface area (Å²) in [5.41, 5.74) is 1.45. The summed E-state index contributed by atoms with van der Waals surface area (Å²) in [7, 11) is 1.89. The van der Waals surface area contributed by atoms with E-state index in [-0.39, 0.29) is 11.7 Å². The Hall–Kier alpha value is -1.91. The van der Waals surface area contributed by atoms with Gasteiger partial charge in [-0.1, -0.05) is 41.0 Å². The van der Waals surface area contributed by atoms with Crippen molar-refractivity contribution in [3.05, 3.63) is 51.1 Å². The highest BCUT2D eigenvalue weighted by Crippen LogP contribution is 2.32. The molecule has 0 spiro atoms. The minimum atomic E-state index is -0.168. The molecule has 0 fully saturated rings. The molecule has 148 valence electrons. The SMILES string of the molecule is Cn1c(SCC(=O)Nc2nc(-c3ccc(Cl)cc3Cl)cs2)nnc1-c1cccs1. The molecule has 0 aliphatic carbocycles. The maximum Gasteiger partial charge on any atom is 0.236 e. The standard InChI is InChI=1S/C18H13Cl2N5OS3/c1-25-16(14-3-2-6-27-14)23-24-18(25)29-9-15(26)22-17-21-13(8-28-17)11-5-4-10(19)7-12(11)20/h2-8H,9H2,1H3,(H,21,22,26). The topological polar surface area (TPSA) is 72.7 Å². The van der Waals surface area contributed by atoms with Crippen LogP contribution in [0, 0.1) is 0 Å². The van der Waals surface area contributed by atoms with Crippen LogP contribution in [0.4, 0.5) is 5.13 Å². The van der Waals surface area contributed by atoms with Crippen molar-refractivity contribution in [1.82, 2.24) is 19.7 Å². The van der Waals surface area contributed by atoms with Crippen molar-refractivity contribution in [2.45, 2.75) is 5.16 Å². The Morgan fingerprint density at radius 2 is 2.10 bits per heavy atom. The van der Waals surface area contributed by atoms with E-state index >= 15 is 0 Å². The highest BCUT2D eigenvalue weighted by Gasteiger charge is 2.15. The van der Waals surface area contributed by atoms with Crippen LogP contribution < -0.4 is 5.32 Å². The smallest absolute Gasteiger partial charge is 0.236 e. The van der Waals surface area contributed by atoms with Gasteiger partial charge in [0.2, 0.25) is 5.91 Å². The molecule has 0 unspecified atom stereocenters. The fourth-order valence-corrected chi connectivity index (χ4v) is 5.19. The number of anilines is 1. The number of hydrogen-bond donors (Lipinski definition) is 1. The van der Waals surface area contributed by atoms with E-state index in [1.807, 2.05) is 34.5 Å². The van der Waals surface area contributed by atoms with Crippen LogP contribution in [0.2, 0.25) is 10.0 Å². The molecule has 3 aromatic heterocycles. The van der Waals surface area contributed by atoms with E-state index in [1.54, 1.807) is 29.5 Å². The number of benzene rings is 1. The summed E-state index contributed by atoms with van der Waals surface area (Å²) in [6.07, 6.45) is 0. The van der Waals surface area contributed by atoms with Crippen molar-refractivity contribution in [3.8, 4) is 22.0 Å². The van der Waals surface area contributed by atoms with E-state index in [2.05, 4.69) is 20.5 Å². The second-order valence-electron chi connectivity index (χ2n) is 5.84. The Bertz CT molecular complexity index is 1160. The number of rotatable bonds is 6. The van der Waals surface area contributed by atoms with Gasteiger partial charge in [0.25, 0.3) is 0 Å². The first-order valence-electron chi connectivity index (χ1n) is 8.28.